The Morgan fingerprint density at radius 1 is 1.33 bits per heavy atom. The monoisotopic (exact) mass is 242 g/mol. The SMILES string of the molecule is COC(=O)C=C=Cc1cc(F)c2ccccc2c1. The molecule has 0 aliphatic rings. The zero-order valence-electron chi connectivity index (χ0n) is 9.81. The number of methoxy groups -OCH3 is 1. The summed E-state index contributed by atoms with van der Waals surface area (Å²) in [6.45, 7) is 0. The molecule has 0 fully saturated rings. The van der Waals surface area contributed by atoms with Crippen molar-refractivity contribution in [3.05, 3.63) is 59.6 Å². The van der Waals surface area contributed by atoms with Crippen molar-refractivity contribution in [2.75, 3.05) is 7.11 Å². The molecule has 0 saturated carbocycles. The molecule has 0 amide bonds. The molecule has 0 heterocycles. The summed E-state index contributed by atoms with van der Waals surface area (Å²) < 4.78 is 18.2. The van der Waals surface area contributed by atoms with Crippen molar-refractivity contribution < 1.29 is 13.9 Å². The van der Waals surface area contributed by atoms with Gasteiger partial charge >= 0.3 is 5.97 Å². The Balaban J connectivity index is 2.41. The van der Waals surface area contributed by atoms with Crippen LogP contribution in [-0.2, 0) is 9.53 Å². The maximum Gasteiger partial charge on any atom is 0.338 e. The molecule has 2 rings (SSSR count). The summed E-state index contributed by atoms with van der Waals surface area (Å²) >= 11 is 0. The number of carbonyl (C=O) groups is 1. The maximum atomic E-state index is 13.7. The van der Waals surface area contributed by atoms with Crippen LogP contribution in [0.4, 0.5) is 4.39 Å². The van der Waals surface area contributed by atoms with Crippen LogP contribution in [-0.4, -0.2) is 13.1 Å². The second-order valence-corrected chi connectivity index (χ2v) is 3.70. The van der Waals surface area contributed by atoms with E-state index in [4.69, 9.17) is 0 Å². The van der Waals surface area contributed by atoms with Gasteiger partial charge in [0.25, 0.3) is 0 Å². The molecule has 0 atom stereocenters. The zero-order valence-corrected chi connectivity index (χ0v) is 9.81. The average Bonchev–Trinajstić information content (AvgIpc) is 2.38. The fraction of sp³-hybridized carbons (Fsp3) is 0.0667. The van der Waals surface area contributed by atoms with Gasteiger partial charge in [-0.1, -0.05) is 24.3 Å². The summed E-state index contributed by atoms with van der Waals surface area (Å²) in [5.74, 6) is -0.785. The van der Waals surface area contributed by atoms with E-state index in [9.17, 15) is 9.18 Å². The molecule has 18 heavy (non-hydrogen) atoms. The Morgan fingerprint density at radius 2 is 2.11 bits per heavy atom. The summed E-state index contributed by atoms with van der Waals surface area (Å²) in [4.78, 5) is 10.8. The summed E-state index contributed by atoms with van der Waals surface area (Å²) in [6.07, 6.45) is 2.69. The molecule has 0 radical (unpaired) electrons. The van der Waals surface area contributed by atoms with Crippen LogP contribution in [0.3, 0.4) is 0 Å². The Kier molecular flexibility index (Phi) is 3.56. The summed E-state index contributed by atoms with van der Waals surface area (Å²) in [5.41, 5.74) is 3.30. The fourth-order valence-corrected chi connectivity index (χ4v) is 1.63. The number of esters is 1. The van der Waals surface area contributed by atoms with Gasteiger partial charge in [-0.25, -0.2) is 9.18 Å². The van der Waals surface area contributed by atoms with Gasteiger partial charge in [-0.3, -0.25) is 0 Å². The molecule has 0 N–H and O–H groups in total. The first-order chi connectivity index (χ1) is 8.70. The Labute approximate surface area is 104 Å². The third-order valence-electron chi connectivity index (χ3n) is 2.49. The normalized spacial score (nSPS) is 9.67. The van der Waals surface area contributed by atoms with Gasteiger partial charge in [-0.05, 0) is 29.2 Å². The zero-order chi connectivity index (χ0) is 13.0. The number of hydrogen-bond donors (Lipinski definition) is 0. The smallest absolute Gasteiger partial charge is 0.338 e. The van der Waals surface area contributed by atoms with E-state index in [2.05, 4.69) is 10.5 Å². The van der Waals surface area contributed by atoms with Crippen molar-refractivity contribution in [1.82, 2.24) is 0 Å². The van der Waals surface area contributed by atoms with Gasteiger partial charge in [0.05, 0.1) is 13.2 Å². The molecule has 90 valence electrons. The summed E-state index contributed by atoms with van der Waals surface area (Å²) in [7, 11) is 1.29. The van der Waals surface area contributed by atoms with E-state index in [0.29, 0.717) is 10.9 Å². The Hall–Kier alpha value is -2.38. The second-order valence-electron chi connectivity index (χ2n) is 3.70. The van der Waals surface area contributed by atoms with Crippen molar-refractivity contribution in [2.45, 2.75) is 0 Å². The van der Waals surface area contributed by atoms with Crippen molar-refractivity contribution in [1.29, 1.82) is 0 Å². The third kappa shape index (κ3) is 2.65. The van der Waals surface area contributed by atoms with Gasteiger partial charge in [-0.2, -0.15) is 0 Å². The number of ether oxygens (including phenoxy) is 1. The number of benzene rings is 2. The van der Waals surface area contributed by atoms with E-state index < -0.39 is 5.97 Å². The van der Waals surface area contributed by atoms with Crippen LogP contribution in [0, 0.1) is 5.82 Å². The van der Waals surface area contributed by atoms with Crippen molar-refractivity contribution in [3.8, 4) is 0 Å². The molecule has 0 aliphatic heterocycles. The molecule has 0 saturated heterocycles. The van der Waals surface area contributed by atoms with Gasteiger partial charge < -0.3 is 4.74 Å². The minimum atomic E-state index is -0.493. The van der Waals surface area contributed by atoms with E-state index in [0.717, 1.165) is 11.5 Å². The van der Waals surface area contributed by atoms with E-state index in [1.54, 1.807) is 12.1 Å². The topological polar surface area (TPSA) is 26.3 Å². The highest BCUT2D eigenvalue weighted by molar-refractivity contribution is 5.86. The third-order valence-corrected chi connectivity index (χ3v) is 2.49. The first-order valence-corrected chi connectivity index (χ1v) is 5.39. The molecule has 0 aromatic heterocycles. The molecule has 0 aliphatic carbocycles. The molecular weight excluding hydrogens is 231 g/mol. The van der Waals surface area contributed by atoms with E-state index in [1.165, 1.54) is 19.3 Å². The van der Waals surface area contributed by atoms with E-state index in [1.807, 2.05) is 18.2 Å². The maximum absolute atomic E-state index is 13.7. The molecular formula is C15H11FO2. The fourth-order valence-electron chi connectivity index (χ4n) is 1.63. The van der Waals surface area contributed by atoms with Crippen molar-refractivity contribution in [2.24, 2.45) is 0 Å². The van der Waals surface area contributed by atoms with Crippen LogP contribution in [0.2, 0.25) is 0 Å². The Bertz CT molecular complexity index is 653. The van der Waals surface area contributed by atoms with E-state index in [-0.39, 0.29) is 5.82 Å². The quantitative estimate of drug-likeness (QED) is 0.458. The van der Waals surface area contributed by atoms with Gasteiger partial charge in [0.1, 0.15) is 5.82 Å². The number of halogens is 1. The lowest BCUT2D eigenvalue weighted by atomic mass is 10.1. The molecule has 0 spiro atoms. The number of rotatable bonds is 2. The predicted molar refractivity (Wildman–Crippen MR) is 68.5 cm³/mol. The lowest BCUT2D eigenvalue weighted by molar-refractivity contribution is -0.134. The Morgan fingerprint density at radius 3 is 2.89 bits per heavy atom. The molecule has 0 bridgehead atoms. The lowest BCUT2D eigenvalue weighted by Gasteiger charge is -2.00. The summed E-state index contributed by atoms with van der Waals surface area (Å²) in [6, 6.07) is 10.4. The standard InChI is InChI=1S/C15H11FO2/c1-18-15(17)8-4-5-11-9-12-6-2-3-7-13(12)14(16)10-11/h2-3,5-10H,1H3. The van der Waals surface area contributed by atoms with Gasteiger partial charge in [0, 0.05) is 5.39 Å². The second kappa shape index (κ2) is 5.30. The predicted octanol–water partition coefficient (Wildman–Crippen LogP) is 3.32. The average molecular weight is 242 g/mol. The van der Waals surface area contributed by atoms with Crippen molar-refractivity contribution >= 4 is 22.8 Å². The van der Waals surface area contributed by atoms with Gasteiger partial charge in [-0.15, -0.1) is 5.73 Å². The van der Waals surface area contributed by atoms with Crippen LogP contribution in [0.15, 0.2) is 48.2 Å². The number of carbonyl (C=O) groups excluding carboxylic acids is 1. The molecule has 0 unspecified atom stereocenters. The van der Waals surface area contributed by atoms with Crippen molar-refractivity contribution in [3.63, 3.8) is 0 Å². The van der Waals surface area contributed by atoms with Gasteiger partial charge in [0.15, 0.2) is 0 Å². The van der Waals surface area contributed by atoms with Crippen LogP contribution >= 0.6 is 0 Å². The van der Waals surface area contributed by atoms with Crippen LogP contribution in [0.25, 0.3) is 16.8 Å². The lowest BCUT2D eigenvalue weighted by Crippen LogP contribution is -1.92. The van der Waals surface area contributed by atoms with Crippen LogP contribution in [0.1, 0.15) is 5.56 Å². The molecule has 3 heteroatoms. The number of hydrogen-bond acceptors (Lipinski definition) is 2. The molecule has 2 aromatic carbocycles. The highest BCUT2D eigenvalue weighted by Gasteiger charge is 2.00. The number of fused-ring (bicyclic) bond motifs is 1. The first-order valence-electron chi connectivity index (χ1n) is 5.39. The largest absolute Gasteiger partial charge is 0.465 e. The highest BCUT2D eigenvalue weighted by atomic mass is 19.1. The van der Waals surface area contributed by atoms with Gasteiger partial charge in [0.2, 0.25) is 0 Å². The molecule has 2 nitrogen and oxygen atoms in total. The minimum Gasteiger partial charge on any atom is -0.465 e. The van der Waals surface area contributed by atoms with E-state index >= 15 is 0 Å². The summed E-state index contributed by atoms with van der Waals surface area (Å²) in [5, 5.41) is 1.38. The minimum absolute atomic E-state index is 0.292. The first kappa shape index (κ1) is 12.1. The highest BCUT2D eigenvalue weighted by Crippen LogP contribution is 2.20. The van der Waals surface area contributed by atoms with Crippen LogP contribution in [0.5, 0.6) is 0 Å². The molecule has 2 aromatic rings. The van der Waals surface area contributed by atoms with Crippen LogP contribution < -0.4 is 0 Å².